The maximum absolute atomic E-state index is 11.4. The van der Waals surface area contributed by atoms with E-state index < -0.39 is 0 Å². The smallest absolute Gasteiger partial charge is 0.235 e. The predicted octanol–water partition coefficient (Wildman–Crippen LogP) is 1.22. The molecule has 1 aliphatic heterocycles. The van der Waals surface area contributed by atoms with Gasteiger partial charge in [-0.05, 0) is 19.1 Å². The van der Waals surface area contributed by atoms with Crippen molar-refractivity contribution in [1.82, 2.24) is 4.90 Å². The Morgan fingerprint density at radius 1 is 1.64 bits per heavy atom. The molecule has 1 amide bonds. The molecule has 0 spiro atoms. The van der Waals surface area contributed by atoms with Gasteiger partial charge in [-0.3, -0.25) is 4.79 Å². The highest BCUT2D eigenvalue weighted by Crippen LogP contribution is 2.18. The number of thioether (sulfide) groups is 1. The molecule has 11 heavy (non-hydrogen) atoms. The molecule has 0 bridgehead atoms. The summed E-state index contributed by atoms with van der Waals surface area (Å²) in [7, 11) is 0. The van der Waals surface area contributed by atoms with Gasteiger partial charge in [0.2, 0.25) is 5.91 Å². The minimum atomic E-state index is 0.141. The van der Waals surface area contributed by atoms with E-state index in [1.165, 1.54) is 0 Å². The van der Waals surface area contributed by atoms with Crippen LogP contribution in [0, 0.1) is 5.92 Å². The Labute approximate surface area is 72.3 Å². The molecule has 1 unspecified atom stereocenters. The van der Waals surface area contributed by atoms with Gasteiger partial charge >= 0.3 is 0 Å². The van der Waals surface area contributed by atoms with Gasteiger partial charge in [0, 0.05) is 13.1 Å². The molecule has 1 rings (SSSR count). The molecule has 0 aliphatic carbocycles. The first kappa shape index (κ1) is 8.91. The van der Waals surface area contributed by atoms with E-state index in [0.29, 0.717) is 11.8 Å². The fraction of sp³-hybridized carbons (Fsp3) is 0.875. The molecule has 64 valence electrons. The molecule has 0 aromatic rings. The molecule has 1 aliphatic rings. The average molecular weight is 173 g/mol. The van der Waals surface area contributed by atoms with Crippen LogP contribution in [0.15, 0.2) is 0 Å². The molecule has 0 aromatic carbocycles. The molecule has 0 aromatic heterocycles. The van der Waals surface area contributed by atoms with Crippen molar-refractivity contribution in [1.29, 1.82) is 0 Å². The number of amides is 1. The normalized spacial score (nSPS) is 21.2. The summed E-state index contributed by atoms with van der Waals surface area (Å²) < 4.78 is 0. The summed E-state index contributed by atoms with van der Waals surface area (Å²) in [5.41, 5.74) is 0. The number of rotatable bonds is 2. The van der Waals surface area contributed by atoms with Gasteiger partial charge in [-0.2, -0.15) is 11.8 Å². The monoisotopic (exact) mass is 173 g/mol. The number of likely N-dealkylation sites (tertiary alicyclic amines) is 1. The zero-order valence-electron chi connectivity index (χ0n) is 7.33. The molecule has 0 N–H and O–H groups in total. The summed E-state index contributed by atoms with van der Waals surface area (Å²) >= 11 is 1.62. The van der Waals surface area contributed by atoms with E-state index in [9.17, 15) is 4.79 Å². The predicted molar refractivity (Wildman–Crippen MR) is 48.7 cm³/mol. The molecule has 1 saturated heterocycles. The quantitative estimate of drug-likeness (QED) is 0.625. The van der Waals surface area contributed by atoms with Gasteiger partial charge in [-0.15, -0.1) is 0 Å². The Morgan fingerprint density at radius 2 is 2.18 bits per heavy atom. The van der Waals surface area contributed by atoms with E-state index in [4.69, 9.17) is 0 Å². The number of nitrogens with zero attached hydrogens (tertiary/aromatic N) is 1. The molecule has 1 heterocycles. The van der Waals surface area contributed by atoms with Crippen LogP contribution < -0.4 is 0 Å². The van der Waals surface area contributed by atoms with Crippen molar-refractivity contribution in [3.8, 4) is 0 Å². The van der Waals surface area contributed by atoms with E-state index >= 15 is 0 Å². The Hall–Kier alpha value is -0.180. The Bertz CT molecular complexity index is 154. The molecule has 2 nitrogen and oxygen atoms in total. The van der Waals surface area contributed by atoms with Crippen molar-refractivity contribution in [3.63, 3.8) is 0 Å². The van der Waals surface area contributed by atoms with E-state index in [1.807, 2.05) is 18.1 Å². The van der Waals surface area contributed by atoms with Crippen LogP contribution in [0.2, 0.25) is 0 Å². The summed E-state index contributed by atoms with van der Waals surface area (Å²) in [4.78, 5) is 13.3. The molecule has 1 atom stereocenters. The summed E-state index contributed by atoms with van der Waals surface area (Å²) in [6, 6.07) is 0. The maximum Gasteiger partial charge on any atom is 0.235 e. The van der Waals surface area contributed by atoms with Crippen LogP contribution in [0.25, 0.3) is 0 Å². The maximum atomic E-state index is 11.4. The minimum absolute atomic E-state index is 0.141. The molecule has 0 radical (unpaired) electrons. The fourth-order valence-electron chi connectivity index (χ4n) is 1.24. The van der Waals surface area contributed by atoms with Crippen LogP contribution in [-0.4, -0.2) is 35.4 Å². The zero-order valence-corrected chi connectivity index (χ0v) is 8.15. The molecule has 3 heteroatoms. The lowest BCUT2D eigenvalue weighted by Gasteiger charge is -2.38. The molecule has 0 saturated carbocycles. The second-order valence-corrected chi connectivity index (χ2v) is 4.40. The average Bonchev–Trinajstić information content (AvgIpc) is 1.96. The van der Waals surface area contributed by atoms with Gasteiger partial charge < -0.3 is 4.90 Å². The van der Waals surface area contributed by atoms with Crippen LogP contribution in [-0.2, 0) is 4.79 Å². The van der Waals surface area contributed by atoms with Crippen molar-refractivity contribution in [2.45, 2.75) is 19.1 Å². The third-order valence-electron chi connectivity index (χ3n) is 2.08. The Kier molecular flexibility index (Phi) is 2.82. The summed E-state index contributed by atoms with van der Waals surface area (Å²) in [5.74, 6) is 1.02. The van der Waals surface area contributed by atoms with Gasteiger partial charge in [0.05, 0.1) is 5.25 Å². The topological polar surface area (TPSA) is 20.3 Å². The highest BCUT2D eigenvalue weighted by Gasteiger charge is 2.29. The Balaban J connectivity index is 2.31. The second-order valence-electron chi connectivity index (χ2n) is 3.23. The molecular weight excluding hydrogens is 158 g/mol. The lowest BCUT2D eigenvalue weighted by atomic mass is 10.0. The number of carbonyl (C=O) groups excluding carboxylic acids is 1. The van der Waals surface area contributed by atoms with E-state index in [0.717, 1.165) is 13.1 Å². The van der Waals surface area contributed by atoms with E-state index in [1.54, 1.807) is 11.8 Å². The standard InChI is InChI=1S/C8H15NOS/c1-6-4-9(5-6)8(10)7(2)11-3/h6-7H,4-5H2,1-3H3. The SMILES string of the molecule is CSC(C)C(=O)N1CC(C)C1. The molecular formula is C8H15NOS. The van der Waals surface area contributed by atoms with Crippen LogP contribution >= 0.6 is 11.8 Å². The van der Waals surface area contributed by atoms with Crippen molar-refractivity contribution in [2.24, 2.45) is 5.92 Å². The Morgan fingerprint density at radius 3 is 2.55 bits per heavy atom. The molecule has 1 fully saturated rings. The number of carbonyl (C=O) groups is 1. The highest BCUT2D eigenvalue weighted by molar-refractivity contribution is 7.99. The van der Waals surface area contributed by atoms with Gasteiger partial charge in [-0.1, -0.05) is 6.92 Å². The van der Waals surface area contributed by atoms with Crippen LogP contribution in [0.4, 0.5) is 0 Å². The minimum Gasteiger partial charge on any atom is -0.341 e. The summed E-state index contributed by atoms with van der Waals surface area (Å²) in [5, 5.41) is 0.141. The zero-order chi connectivity index (χ0) is 8.43. The number of hydrogen-bond acceptors (Lipinski definition) is 2. The van der Waals surface area contributed by atoms with Gasteiger partial charge in [0.25, 0.3) is 0 Å². The first-order valence-electron chi connectivity index (χ1n) is 3.96. The van der Waals surface area contributed by atoms with Gasteiger partial charge in [0.1, 0.15) is 0 Å². The van der Waals surface area contributed by atoms with E-state index in [2.05, 4.69) is 6.92 Å². The van der Waals surface area contributed by atoms with Crippen LogP contribution in [0.1, 0.15) is 13.8 Å². The van der Waals surface area contributed by atoms with Crippen molar-refractivity contribution in [2.75, 3.05) is 19.3 Å². The third-order valence-corrected chi connectivity index (χ3v) is 2.99. The first-order valence-corrected chi connectivity index (χ1v) is 5.25. The summed E-state index contributed by atoms with van der Waals surface area (Å²) in [6.45, 7) is 6.07. The van der Waals surface area contributed by atoms with Crippen molar-refractivity contribution < 1.29 is 4.79 Å². The van der Waals surface area contributed by atoms with E-state index in [-0.39, 0.29) is 5.25 Å². The fourth-order valence-corrected chi connectivity index (χ4v) is 1.59. The van der Waals surface area contributed by atoms with Crippen LogP contribution in [0.5, 0.6) is 0 Å². The first-order chi connectivity index (χ1) is 5.15. The van der Waals surface area contributed by atoms with Crippen molar-refractivity contribution >= 4 is 17.7 Å². The number of hydrogen-bond donors (Lipinski definition) is 0. The lowest BCUT2D eigenvalue weighted by Crippen LogP contribution is -2.51. The highest BCUT2D eigenvalue weighted by atomic mass is 32.2. The summed E-state index contributed by atoms with van der Waals surface area (Å²) in [6.07, 6.45) is 1.98. The van der Waals surface area contributed by atoms with Gasteiger partial charge in [0.15, 0.2) is 0 Å². The second kappa shape index (κ2) is 3.48. The largest absolute Gasteiger partial charge is 0.341 e. The van der Waals surface area contributed by atoms with Crippen LogP contribution in [0.3, 0.4) is 0 Å². The van der Waals surface area contributed by atoms with Crippen molar-refractivity contribution in [3.05, 3.63) is 0 Å². The van der Waals surface area contributed by atoms with Gasteiger partial charge in [-0.25, -0.2) is 0 Å². The third kappa shape index (κ3) is 1.89. The lowest BCUT2D eigenvalue weighted by molar-refractivity contribution is -0.136.